The SMILES string of the molecule is O=c1[nH]cc(C=CCCl)c(=O)[nH]1. The van der Waals surface area contributed by atoms with E-state index in [4.69, 9.17) is 11.6 Å². The molecular formula is C7H7ClN2O2. The summed E-state index contributed by atoms with van der Waals surface area (Å²) in [5.74, 6) is 0.332. The molecule has 64 valence electrons. The predicted octanol–water partition coefficient (Wildman–Crippen LogP) is 0.315. The van der Waals surface area contributed by atoms with Gasteiger partial charge in [0.1, 0.15) is 0 Å². The number of nitrogens with one attached hydrogen (secondary N) is 2. The Labute approximate surface area is 72.9 Å². The van der Waals surface area contributed by atoms with E-state index in [1.807, 2.05) is 0 Å². The van der Waals surface area contributed by atoms with Gasteiger partial charge >= 0.3 is 5.69 Å². The lowest BCUT2D eigenvalue weighted by atomic mass is 10.3. The molecule has 0 aliphatic heterocycles. The Bertz CT molecular complexity index is 391. The average molecular weight is 187 g/mol. The summed E-state index contributed by atoms with van der Waals surface area (Å²) in [5.41, 5.74) is -0.543. The van der Waals surface area contributed by atoms with Crippen LogP contribution in [0.15, 0.2) is 21.9 Å². The first-order valence-electron chi connectivity index (χ1n) is 3.28. The highest BCUT2D eigenvalue weighted by Gasteiger charge is 1.93. The van der Waals surface area contributed by atoms with Crippen LogP contribution in [0.5, 0.6) is 0 Å². The van der Waals surface area contributed by atoms with Crippen LogP contribution in [0, 0.1) is 0 Å². The molecule has 0 radical (unpaired) electrons. The maximum absolute atomic E-state index is 11.0. The molecule has 2 N–H and O–H groups in total. The van der Waals surface area contributed by atoms with E-state index >= 15 is 0 Å². The molecule has 0 unspecified atom stereocenters. The fourth-order valence-electron chi connectivity index (χ4n) is 0.716. The summed E-state index contributed by atoms with van der Waals surface area (Å²) >= 11 is 5.36. The summed E-state index contributed by atoms with van der Waals surface area (Å²) in [6, 6.07) is 0. The lowest BCUT2D eigenvalue weighted by molar-refractivity contribution is 1.03. The first-order valence-corrected chi connectivity index (χ1v) is 3.82. The lowest BCUT2D eigenvalue weighted by Gasteiger charge is -1.88. The molecule has 0 amide bonds. The van der Waals surface area contributed by atoms with Crippen LogP contribution >= 0.6 is 11.6 Å². The van der Waals surface area contributed by atoms with Crippen molar-refractivity contribution in [2.75, 3.05) is 5.88 Å². The number of alkyl halides is 1. The van der Waals surface area contributed by atoms with Crippen LogP contribution < -0.4 is 11.2 Å². The van der Waals surface area contributed by atoms with Gasteiger partial charge in [-0.3, -0.25) is 9.78 Å². The largest absolute Gasteiger partial charge is 0.325 e. The molecular weight excluding hydrogens is 180 g/mol. The summed E-state index contributed by atoms with van der Waals surface area (Å²) in [6.07, 6.45) is 4.50. The number of hydrogen-bond acceptors (Lipinski definition) is 2. The third-order valence-corrected chi connectivity index (χ3v) is 1.41. The third-order valence-electron chi connectivity index (χ3n) is 1.23. The van der Waals surface area contributed by atoms with Gasteiger partial charge in [-0.1, -0.05) is 12.2 Å². The van der Waals surface area contributed by atoms with Gasteiger partial charge in [-0.05, 0) is 0 Å². The van der Waals surface area contributed by atoms with Crippen molar-refractivity contribution < 1.29 is 0 Å². The first kappa shape index (κ1) is 8.80. The molecule has 0 saturated carbocycles. The smallest absolute Gasteiger partial charge is 0.314 e. The van der Waals surface area contributed by atoms with Gasteiger partial charge in [-0.2, -0.15) is 0 Å². The van der Waals surface area contributed by atoms with Crippen molar-refractivity contribution in [3.05, 3.63) is 38.7 Å². The highest BCUT2D eigenvalue weighted by Crippen LogP contribution is 1.89. The van der Waals surface area contributed by atoms with Crippen LogP contribution in [0.3, 0.4) is 0 Å². The molecule has 0 fully saturated rings. The number of allylic oxidation sites excluding steroid dienone is 1. The van der Waals surface area contributed by atoms with Gasteiger partial charge in [0.2, 0.25) is 0 Å². The lowest BCUT2D eigenvalue weighted by Crippen LogP contribution is -2.22. The minimum absolute atomic E-state index is 0.332. The van der Waals surface area contributed by atoms with Gasteiger partial charge in [-0.25, -0.2) is 4.79 Å². The molecule has 1 heterocycles. The number of H-pyrrole nitrogens is 2. The van der Waals surface area contributed by atoms with E-state index in [1.165, 1.54) is 6.20 Å². The van der Waals surface area contributed by atoms with E-state index in [9.17, 15) is 9.59 Å². The van der Waals surface area contributed by atoms with Crippen molar-refractivity contribution in [3.63, 3.8) is 0 Å². The van der Waals surface area contributed by atoms with Crippen molar-refractivity contribution >= 4 is 17.7 Å². The second-order valence-corrected chi connectivity index (χ2v) is 2.39. The normalized spacial score (nSPS) is 10.8. The molecule has 0 atom stereocenters. The molecule has 12 heavy (non-hydrogen) atoms. The van der Waals surface area contributed by atoms with Crippen LogP contribution in [0.2, 0.25) is 0 Å². The Balaban J connectivity index is 3.11. The highest BCUT2D eigenvalue weighted by atomic mass is 35.5. The number of rotatable bonds is 2. The van der Waals surface area contributed by atoms with E-state index in [2.05, 4.69) is 9.97 Å². The van der Waals surface area contributed by atoms with Crippen LogP contribution in [0.4, 0.5) is 0 Å². The van der Waals surface area contributed by atoms with Crippen LogP contribution in [-0.2, 0) is 0 Å². The Morgan fingerprint density at radius 2 is 2.25 bits per heavy atom. The van der Waals surface area contributed by atoms with Crippen molar-refractivity contribution in [2.24, 2.45) is 0 Å². The number of hydrogen-bond donors (Lipinski definition) is 2. The van der Waals surface area contributed by atoms with Gasteiger partial charge in [-0.15, -0.1) is 11.6 Å². The molecule has 0 saturated heterocycles. The summed E-state index contributed by atoms with van der Waals surface area (Å²) in [6.45, 7) is 0. The minimum atomic E-state index is -0.511. The summed E-state index contributed by atoms with van der Waals surface area (Å²) in [7, 11) is 0. The molecule has 5 heteroatoms. The van der Waals surface area contributed by atoms with Crippen LogP contribution in [0.1, 0.15) is 5.56 Å². The Kier molecular flexibility index (Phi) is 2.88. The van der Waals surface area contributed by atoms with Crippen molar-refractivity contribution in [1.82, 2.24) is 9.97 Å². The van der Waals surface area contributed by atoms with E-state index in [-0.39, 0.29) is 0 Å². The molecule has 1 aromatic rings. The summed E-state index contributed by atoms with van der Waals surface area (Å²) in [5, 5.41) is 0. The fourth-order valence-corrected chi connectivity index (χ4v) is 0.805. The zero-order valence-electron chi connectivity index (χ0n) is 6.13. The monoisotopic (exact) mass is 186 g/mol. The first-order chi connectivity index (χ1) is 5.74. The van der Waals surface area contributed by atoms with Gasteiger partial charge in [0, 0.05) is 12.1 Å². The van der Waals surface area contributed by atoms with Gasteiger partial charge in [0.15, 0.2) is 0 Å². The van der Waals surface area contributed by atoms with Crippen molar-refractivity contribution in [1.29, 1.82) is 0 Å². The molecule has 0 bridgehead atoms. The second-order valence-electron chi connectivity index (χ2n) is 2.08. The quantitative estimate of drug-likeness (QED) is 0.654. The zero-order valence-corrected chi connectivity index (χ0v) is 6.89. The van der Waals surface area contributed by atoms with Gasteiger partial charge < -0.3 is 4.98 Å². The van der Waals surface area contributed by atoms with E-state index in [0.29, 0.717) is 11.4 Å². The van der Waals surface area contributed by atoms with Crippen molar-refractivity contribution in [2.45, 2.75) is 0 Å². The average Bonchev–Trinajstić information content (AvgIpc) is 2.03. The standard InChI is InChI=1S/C7H7ClN2O2/c8-3-1-2-5-4-9-7(12)10-6(5)11/h1-2,4H,3H2,(H2,9,10,11,12). The summed E-state index contributed by atoms with van der Waals surface area (Å²) in [4.78, 5) is 26.0. The zero-order chi connectivity index (χ0) is 8.97. The Hall–Kier alpha value is -1.29. The molecule has 0 aromatic carbocycles. The topological polar surface area (TPSA) is 65.7 Å². The Morgan fingerprint density at radius 1 is 1.50 bits per heavy atom. The van der Waals surface area contributed by atoms with Crippen LogP contribution in [-0.4, -0.2) is 15.8 Å². The molecule has 0 aliphatic carbocycles. The molecule has 1 aromatic heterocycles. The minimum Gasteiger partial charge on any atom is -0.314 e. The van der Waals surface area contributed by atoms with Crippen molar-refractivity contribution in [3.8, 4) is 0 Å². The highest BCUT2D eigenvalue weighted by molar-refractivity contribution is 6.19. The maximum atomic E-state index is 11.0. The predicted molar refractivity (Wildman–Crippen MR) is 47.4 cm³/mol. The number of aromatic nitrogens is 2. The molecule has 1 rings (SSSR count). The van der Waals surface area contributed by atoms with Crippen LogP contribution in [0.25, 0.3) is 6.08 Å². The Morgan fingerprint density at radius 3 is 2.83 bits per heavy atom. The fraction of sp³-hybridized carbons (Fsp3) is 0.143. The molecule has 4 nitrogen and oxygen atoms in total. The number of aromatic amines is 2. The summed E-state index contributed by atoms with van der Waals surface area (Å²) < 4.78 is 0. The molecule has 0 spiro atoms. The molecule has 0 aliphatic rings. The second kappa shape index (κ2) is 3.92. The van der Waals surface area contributed by atoms with Gasteiger partial charge in [0.25, 0.3) is 5.56 Å². The maximum Gasteiger partial charge on any atom is 0.325 e. The third kappa shape index (κ3) is 2.10. The number of halogens is 1. The van der Waals surface area contributed by atoms with Gasteiger partial charge in [0.05, 0.1) is 5.56 Å². The van der Waals surface area contributed by atoms with E-state index < -0.39 is 11.2 Å². The van der Waals surface area contributed by atoms with E-state index in [0.717, 1.165) is 0 Å². The van der Waals surface area contributed by atoms with E-state index in [1.54, 1.807) is 12.2 Å².